The van der Waals surface area contributed by atoms with Gasteiger partial charge in [0.05, 0.1) is 24.3 Å². The summed E-state index contributed by atoms with van der Waals surface area (Å²) in [7, 11) is 3.55. The normalized spacial score (nSPS) is 11.3. The van der Waals surface area contributed by atoms with Gasteiger partial charge in [-0.2, -0.15) is 5.10 Å². The first kappa shape index (κ1) is 20.8. The van der Waals surface area contributed by atoms with Gasteiger partial charge in [-0.1, -0.05) is 48.5 Å². The van der Waals surface area contributed by atoms with Crippen LogP contribution in [0.3, 0.4) is 0 Å². The summed E-state index contributed by atoms with van der Waals surface area (Å²) in [6.07, 6.45) is 1.84. The number of methoxy groups -OCH3 is 1. The lowest BCUT2D eigenvalue weighted by molar-refractivity contribution is 0.285. The van der Waals surface area contributed by atoms with Gasteiger partial charge in [0.15, 0.2) is 17.3 Å². The third kappa shape index (κ3) is 3.72. The van der Waals surface area contributed by atoms with Crippen LogP contribution in [-0.4, -0.2) is 42.5 Å². The van der Waals surface area contributed by atoms with E-state index >= 15 is 0 Å². The van der Waals surface area contributed by atoms with Crippen molar-refractivity contribution in [2.75, 3.05) is 7.11 Å². The third-order valence-electron chi connectivity index (χ3n) is 5.96. The Morgan fingerprint density at radius 3 is 2.60 bits per heavy atom. The number of nitrogens with one attached hydrogen (secondary N) is 1. The Morgan fingerprint density at radius 2 is 1.80 bits per heavy atom. The van der Waals surface area contributed by atoms with Gasteiger partial charge in [0.25, 0.3) is 0 Å². The average molecular weight is 464 g/mol. The minimum absolute atomic E-state index is 0.430. The molecule has 0 amide bonds. The lowest BCUT2D eigenvalue weighted by atomic mass is 10.0. The molecule has 0 aliphatic carbocycles. The van der Waals surface area contributed by atoms with E-state index in [1.165, 1.54) is 0 Å². The molecule has 0 unspecified atom stereocenters. The molecule has 6 aromatic rings. The van der Waals surface area contributed by atoms with Crippen molar-refractivity contribution in [3.8, 4) is 34.1 Å². The molecule has 0 saturated heterocycles. The van der Waals surface area contributed by atoms with E-state index in [1.54, 1.807) is 7.11 Å². The van der Waals surface area contributed by atoms with Gasteiger partial charge in [0, 0.05) is 35.0 Å². The van der Waals surface area contributed by atoms with Crippen molar-refractivity contribution < 1.29 is 9.47 Å². The number of nitrogens with zero attached hydrogens (tertiary/aromatic N) is 6. The summed E-state index contributed by atoms with van der Waals surface area (Å²) in [5, 5.41) is 21.0. The molecule has 0 bridgehead atoms. The van der Waals surface area contributed by atoms with Crippen LogP contribution in [0.4, 0.5) is 0 Å². The Morgan fingerprint density at radius 1 is 0.943 bits per heavy atom. The molecule has 3 heterocycles. The summed E-state index contributed by atoms with van der Waals surface area (Å²) >= 11 is 0. The van der Waals surface area contributed by atoms with Crippen molar-refractivity contribution in [2.24, 2.45) is 7.05 Å². The second-order valence-corrected chi connectivity index (χ2v) is 8.12. The minimum atomic E-state index is 0.430. The molecule has 0 spiro atoms. The summed E-state index contributed by atoms with van der Waals surface area (Å²) in [4.78, 5) is 4.68. The third-order valence-corrected chi connectivity index (χ3v) is 5.96. The van der Waals surface area contributed by atoms with E-state index in [0.717, 1.165) is 44.2 Å². The number of aryl methyl sites for hydroxylation is 1. The molecule has 3 aromatic heterocycles. The maximum atomic E-state index is 6.19. The number of aromatic amines is 1. The quantitative estimate of drug-likeness (QED) is 0.386. The second kappa shape index (κ2) is 8.53. The number of hydrogen-bond donors (Lipinski definition) is 1. The van der Waals surface area contributed by atoms with Crippen LogP contribution < -0.4 is 9.47 Å². The standard InChI is InChI=1S/C26H21N7O2/c1-33-21-14-27-20-13-22(34-2)23(35-15-16-7-4-3-5-8-16)12-19(20)24(21)25(30-33)17-9-6-10-18(11-17)26-28-31-32-29-26/h3-14H,15H2,1-2H3,(H,28,29,31,32). The van der Waals surface area contributed by atoms with Crippen LogP contribution in [0.25, 0.3) is 44.5 Å². The second-order valence-electron chi connectivity index (χ2n) is 8.12. The van der Waals surface area contributed by atoms with Crippen LogP contribution >= 0.6 is 0 Å². The predicted octanol–water partition coefficient (Wildman–Crippen LogP) is 4.56. The molecular formula is C26H21N7O2. The number of fused-ring (bicyclic) bond motifs is 3. The zero-order valence-electron chi connectivity index (χ0n) is 19.1. The molecular weight excluding hydrogens is 442 g/mol. The van der Waals surface area contributed by atoms with Crippen LogP contribution in [0.1, 0.15) is 5.56 Å². The number of H-pyrrole nitrogens is 1. The first-order chi connectivity index (χ1) is 17.2. The molecule has 0 fully saturated rings. The highest BCUT2D eigenvalue weighted by molar-refractivity contribution is 6.12. The van der Waals surface area contributed by atoms with Gasteiger partial charge < -0.3 is 9.47 Å². The van der Waals surface area contributed by atoms with Crippen LogP contribution in [-0.2, 0) is 13.7 Å². The van der Waals surface area contributed by atoms with Crippen LogP contribution in [0.2, 0.25) is 0 Å². The fraction of sp³-hybridized carbons (Fsp3) is 0.115. The largest absolute Gasteiger partial charge is 0.493 e. The molecule has 0 radical (unpaired) electrons. The highest BCUT2D eigenvalue weighted by Gasteiger charge is 2.18. The maximum Gasteiger partial charge on any atom is 0.179 e. The molecule has 35 heavy (non-hydrogen) atoms. The van der Waals surface area contributed by atoms with Gasteiger partial charge in [-0.05, 0) is 28.1 Å². The summed E-state index contributed by atoms with van der Waals surface area (Å²) in [6, 6.07) is 21.9. The summed E-state index contributed by atoms with van der Waals surface area (Å²) < 4.78 is 13.7. The Hall–Kier alpha value is -4.79. The molecule has 0 atom stereocenters. The highest BCUT2D eigenvalue weighted by atomic mass is 16.5. The first-order valence-electron chi connectivity index (χ1n) is 11.1. The first-order valence-corrected chi connectivity index (χ1v) is 11.1. The van der Waals surface area contributed by atoms with E-state index in [1.807, 2.05) is 84.7 Å². The van der Waals surface area contributed by atoms with Gasteiger partial charge in [0.2, 0.25) is 0 Å². The van der Waals surface area contributed by atoms with Crippen molar-refractivity contribution in [1.82, 2.24) is 35.4 Å². The molecule has 0 aliphatic rings. The van der Waals surface area contributed by atoms with Crippen LogP contribution in [0.5, 0.6) is 11.5 Å². The van der Waals surface area contributed by atoms with E-state index in [4.69, 9.17) is 14.6 Å². The smallest absolute Gasteiger partial charge is 0.179 e. The maximum absolute atomic E-state index is 6.19. The number of hydrogen-bond acceptors (Lipinski definition) is 7. The van der Waals surface area contributed by atoms with Gasteiger partial charge >= 0.3 is 0 Å². The number of aromatic nitrogens is 7. The zero-order chi connectivity index (χ0) is 23.8. The molecule has 0 saturated carbocycles. The molecule has 172 valence electrons. The van der Waals surface area contributed by atoms with Crippen molar-refractivity contribution in [1.29, 1.82) is 0 Å². The Labute approximate surface area is 200 Å². The van der Waals surface area contributed by atoms with E-state index in [9.17, 15) is 0 Å². The summed E-state index contributed by atoms with van der Waals surface area (Å²) in [6.45, 7) is 0.430. The number of benzene rings is 3. The number of ether oxygens (including phenoxy) is 2. The van der Waals surface area contributed by atoms with E-state index < -0.39 is 0 Å². The lowest BCUT2D eigenvalue weighted by Gasteiger charge is -2.13. The molecule has 9 heteroatoms. The van der Waals surface area contributed by atoms with Crippen molar-refractivity contribution in [3.05, 3.63) is 78.5 Å². The average Bonchev–Trinajstić information content (AvgIpc) is 3.56. The summed E-state index contributed by atoms with van der Waals surface area (Å²) in [5.41, 5.74) is 5.44. The molecule has 9 nitrogen and oxygen atoms in total. The Kier molecular flexibility index (Phi) is 5.07. The van der Waals surface area contributed by atoms with Gasteiger partial charge in [-0.25, -0.2) is 5.10 Å². The Bertz CT molecular complexity index is 1640. The van der Waals surface area contributed by atoms with Gasteiger partial charge in [0.1, 0.15) is 12.3 Å². The van der Waals surface area contributed by atoms with Crippen LogP contribution in [0.15, 0.2) is 72.9 Å². The molecule has 3 aromatic carbocycles. The topological polar surface area (TPSA) is 104 Å². The fourth-order valence-corrected chi connectivity index (χ4v) is 4.24. The zero-order valence-corrected chi connectivity index (χ0v) is 19.1. The number of pyridine rings is 1. The van der Waals surface area contributed by atoms with Crippen molar-refractivity contribution in [3.63, 3.8) is 0 Å². The van der Waals surface area contributed by atoms with E-state index in [0.29, 0.717) is 23.9 Å². The van der Waals surface area contributed by atoms with Gasteiger partial charge in [-0.15, -0.1) is 5.10 Å². The van der Waals surface area contributed by atoms with Crippen LogP contribution in [0, 0.1) is 0 Å². The van der Waals surface area contributed by atoms with Crippen molar-refractivity contribution >= 4 is 21.8 Å². The SMILES string of the molecule is COc1cc2ncc3c(c(-c4cccc(-c5nnn[nH]5)c4)nn3C)c2cc1OCc1ccccc1. The molecule has 1 N–H and O–H groups in total. The predicted molar refractivity (Wildman–Crippen MR) is 132 cm³/mol. The number of rotatable bonds is 6. The Balaban J connectivity index is 1.51. The van der Waals surface area contributed by atoms with E-state index in [2.05, 4.69) is 25.6 Å². The number of tetrazole rings is 1. The molecule has 6 rings (SSSR count). The lowest BCUT2D eigenvalue weighted by Crippen LogP contribution is -1.98. The highest BCUT2D eigenvalue weighted by Crippen LogP contribution is 2.39. The van der Waals surface area contributed by atoms with Gasteiger partial charge in [-0.3, -0.25) is 9.67 Å². The fourth-order valence-electron chi connectivity index (χ4n) is 4.24. The van der Waals surface area contributed by atoms with Crippen molar-refractivity contribution in [2.45, 2.75) is 6.61 Å². The summed E-state index contributed by atoms with van der Waals surface area (Å²) in [5.74, 6) is 1.87. The monoisotopic (exact) mass is 463 g/mol. The minimum Gasteiger partial charge on any atom is -0.493 e. The van der Waals surface area contributed by atoms with E-state index in [-0.39, 0.29) is 0 Å². The molecule has 0 aliphatic heterocycles.